The Bertz CT molecular complexity index is 61.2. The van der Waals surface area contributed by atoms with Crippen LogP contribution in [0.25, 0.3) is 0 Å². The summed E-state index contributed by atoms with van der Waals surface area (Å²) < 4.78 is 0. The van der Waals surface area contributed by atoms with Gasteiger partial charge in [0.25, 0.3) is 0 Å². The minimum atomic E-state index is -0.748. The molecule has 0 spiro atoms. The maximum absolute atomic E-state index is 8.76. The van der Waals surface area contributed by atoms with Crippen molar-refractivity contribution in [3.63, 3.8) is 0 Å². The van der Waals surface area contributed by atoms with E-state index in [0.717, 1.165) is 0 Å². The van der Waals surface area contributed by atoms with Crippen LogP contribution in [0.3, 0.4) is 0 Å². The first-order chi connectivity index (χ1) is 4.20. The van der Waals surface area contributed by atoms with Gasteiger partial charge >= 0.3 is 0 Å². The lowest BCUT2D eigenvalue weighted by molar-refractivity contribution is 0.0377. The fourth-order valence-corrected chi connectivity index (χ4v) is 0.475. The molecule has 0 saturated heterocycles. The first kappa shape index (κ1) is 8.84. The lowest BCUT2D eigenvalue weighted by Crippen LogP contribution is -2.31. The van der Waals surface area contributed by atoms with Gasteiger partial charge in [0, 0.05) is 6.54 Å². The van der Waals surface area contributed by atoms with E-state index in [1.54, 1.807) is 7.05 Å². The fraction of sp³-hybridized carbons (Fsp3) is 1.00. The molecule has 1 atom stereocenters. The van der Waals surface area contributed by atoms with E-state index in [0.29, 0.717) is 6.54 Å². The van der Waals surface area contributed by atoms with E-state index in [1.165, 1.54) is 4.90 Å². The highest BCUT2D eigenvalue weighted by Crippen LogP contribution is 1.84. The number of hydrogen-bond donors (Lipinski definition) is 3. The summed E-state index contributed by atoms with van der Waals surface area (Å²) in [6.45, 7) is -0.0611. The Morgan fingerprint density at radius 2 is 2.00 bits per heavy atom. The predicted octanol–water partition coefficient (Wildman–Crippen LogP) is -1.78. The van der Waals surface area contributed by atoms with E-state index < -0.39 is 6.10 Å². The van der Waals surface area contributed by atoms with Crippen molar-refractivity contribution in [3.05, 3.63) is 0 Å². The maximum atomic E-state index is 8.76. The van der Waals surface area contributed by atoms with Crippen LogP contribution in [-0.4, -0.2) is 53.3 Å². The molecule has 0 saturated carbocycles. The van der Waals surface area contributed by atoms with E-state index in [2.05, 4.69) is 0 Å². The predicted molar refractivity (Wildman–Crippen MR) is 32.8 cm³/mol. The number of aliphatic hydroxyl groups is 3. The Balaban J connectivity index is 3.22. The maximum Gasteiger partial charge on any atom is 0.0954 e. The molecule has 0 aliphatic carbocycles. The average Bonchev–Trinajstić information content (AvgIpc) is 1.87. The third kappa shape index (κ3) is 4.35. The molecule has 9 heavy (non-hydrogen) atoms. The second-order valence-electron chi connectivity index (χ2n) is 2.02. The van der Waals surface area contributed by atoms with Crippen molar-refractivity contribution in [2.75, 3.05) is 26.9 Å². The summed E-state index contributed by atoms with van der Waals surface area (Å²) in [4.78, 5) is 1.50. The van der Waals surface area contributed by atoms with Crippen molar-refractivity contribution < 1.29 is 15.3 Å². The van der Waals surface area contributed by atoms with Crippen LogP contribution >= 0.6 is 0 Å². The molecule has 0 aliphatic rings. The van der Waals surface area contributed by atoms with Crippen LogP contribution in [0.4, 0.5) is 0 Å². The molecule has 0 aromatic carbocycles. The second-order valence-corrected chi connectivity index (χ2v) is 2.02. The first-order valence-corrected chi connectivity index (χ1v) is 2.79. The van der Waals surface area contributed by atoms with E-state index in [-0.39, 0.29) is 13.3 Å². The third-order valence-corrected chi connectivity index (χ3v) is 0.975. The summed E-state index contributed by atoms with van der Waals surface area (Å²) in [7, 11) is 1.65. The molecule has 3 N–H and O–H groups in total. The molecular formula is C5H13NO3. The van der Waals surface area contributed by atoms with Gasteiger partial charge in [0.05, 0.1) is 19.4 Å². The Labute approximate surface area is 54.3 Å². The van der Waals surface area contributed by atoms with Gasteiger partial charge in [-0.05, 0) is 7.05 Å². The highest BCUT2D eigenvalue weighted by Gasteiger charge is 2.03. The molecule has 4 nitrogen and oxygen atoms in total. The average molecular weight is 135 g/mol. The highest BCUT2D eigenvalue weighted by molar-refractivity contribution is 4.55. The fourth-order valence-electron chi connectivity index (χ4n) is 0.475. The molecule has 0 fully saturated rings. The number of hydrogen-bond acceptors (Lipinski definition) is 4. The van der Waals surface area contributed by atoms with Crippen LogP contribution in [0.5, 0.6) is 0 Å². The van der Waals surface area contributed by atoms with Gasteiger partial charge in [-0.25, -0.2) is 0 Å². The van der Waals surface area contributed by atoms with Crippen LogP contribution in [0.1, 0.15) is 0 Å². The van der Waals surface area contributed by atoms with Gasteiger partial charge in [0.15, 0.2) is 0 Å². The molecule has 0 rings (SSSR count). The smallest absolute Gasteiger partial charge is 0.0954 e. The summed E-state index contributed by atoms with van der Waals surface area (Å²) in [6, 6.07) is 0. The van der Waals surface area contributed by atoms with Crippen molar-refractivity contribution in [1.82, 2.24) is 4.90 Å². The number of likely N-dealkylation sites (N-methyl/N-ethyl adjacent to an activating group) is 1. The molecule has 0 aliphatic heterocycles. The van der Waals surface area contributed by atoms with E-state index >= 15 is 0 Å². The van der Waals surface area contributed by atoms with Gasteiger partial charge in [-0.3, -0.25) is 4.90 Å². The molecule has 0 aromatic heterocycles. The quantitative estimate of drug-likeness (QED) is 0.399. The van der Waals surface area contributed by atoms with E-state index in [1.807, 2.05) is 0 Å². The number of aliphatic hydroxyl groups excluding tert-OH is 3. The van der Waals surface area contributed by atoms with Crippen LogP contribution in [0.2, 0.25) is 0 Å². The molecule has 0 radical (unpaired) electrons. The van der Waals surface area contributed by atoms with Gasteiger partial charge in [0.1, 0.15) is 0 Å². The molecule has 0 heterocycles. The van der Waals surface area contributed by atoms with Crippen LogP contribution in [0.15, 0.2) is 0 Å². The zero-order valence-electron chi connectivity index (χ0n) is 5.49. The van der Waals surface area contributed by atoms with Gasteiger partial charge in [0.2, 0.25) is 0 Å². The Kier molecular flexibility index (Phi) is 4.61. The molecule has 0 aromatic rings. The second kappa shape index (κ2) is 4.69. The minimum absolute atomic E-state index is 0.100. The Hall–Kier alpha value is -0.160. The van der Waals surface area contributed by atoms with Crippen LogP contribution in [-0.2, 0) is 0 Å². The van der Waals surface area contributed by atoms with Crippen molar-refractivity contribution >= 4 is 0 Å². The third-order valence-electron chi connectivity index (χ3n) is 0.975. The Morgan fingerprint density at radius 3 is 2.33 bits per heavy atom. The van der Waals surface area contributed by atoms with E-state index in [4.69, 9.17) is 15.3 Å². The summed E-state index contributed by atoms with van der Waals surface area (Å²) in [6.07, 6.45) is -0.748. The zero-order chi connectivity index (χ0) is 7.28. The lowest BCUT2D eigenvalue weighted by Gasteiger charge is -2.15. The van der Waals surface area contributed by atoms with Crippen molar-refractivity contribution in [2.45, 2.75) is 6.10 Å². The molecule has 4 heteroatoms. The molecule has 56 valence electrons. The molecular weight excluding hydrogens is 122 g/mol. The summed E-state index contributed by atoms with van der Waals surface area (Å²) in [5.74, 6) is 0. The molecule has 1 unspecified atom stereocenters. The SMILES string of the molecule is CN(CO)CC(O)CO. The highest BCUT2D eigenvalue weighted by atomic mass is 16.3. The van der Waals surface area contributed by atoms with Crippen LogP contribution < -0.4 is 0 Å². The van der Waals surface area contributed by atoms with Gasteiger partial charge in [-0.2, -0.15) is 0 Å². The zero-order valence-corrected chi connectivity index (χ0v) is 5.49. The van der Waals surface area contributed by atoms with Crippen molar-refractivity contribution in [3.8, 4) is 0 Å². The molecule has 0 bridgehead atoms. The largest absolute Gasteiger partial charge is 0.394 e. The minimum Gasteiger partial charge on any atom is -0.394 e. The van der Waals surface area contributed by atoms with Crippen LogP contribution in [0, 0.1) is 0 Å². The van der Waals surface area contributed by atoms with Gasteiger partial charge in [-0.1, -0.05) is 0 Å². The standard InChI is InChI=1S/C5H13NO3/c1-6(4-8)2-5(9)3-7/h5,7-9H,2-4H2,1H3. The molecule has 0 amide bonds. The number of nitrogens with zero attached hydrogens (tertiary/aromatic N) is 1. The van der Waals surface area contributed by atoms with Gasteiger partial charge in [-0.15, -0.1) is 0 Å². The summed E-state index contributed by atoms with van der Waals surface area (Å²) in [5.41, 5.74) is 0. The van der Waals surface area contributed by atoms with Crippen molar-refractivity contribution in [1.29, 1.82) is 0 Å². The lowest BCUT2D eigenvalue weighted by atomic mass is 10.4. The summed E-state index contributed by atoms with van der Waals surface area (Å²) in [5, 5.41) is 25.5. The van der Waals surface area contributed by atoms with E-state index in [9.17, 15) is 0 Å². The van der Waals surface area contributed by atoms with Gasteiger partial charge < -0.3 is 15.3 Å². The number of rotatable bonds is 4. The van der Waals surface area contributed by atoms with Crippen molar-refractivity contribution in [2.24, 2.45) is 0 Å². The Morgan fingerprint density at radius 1 is 1.44 bits per heavy atom. The summed E-state index contributed by atoms with van der Waals surface area (Å²) >= 11 is 0. The monoisotopic (exact) mass is 135 g/mol. The first-order valence-electron chi connectivity index (χ1n) is 2.79. The normalized spacial score (nSPS) is 14.3. The topological polar surface area (TPSA) is 63.9 Å².